The zero-order chi connectivity index (χ0) is 17.6. The molecule has 2 aromatic heterocycles. The number of hydrogen-bond donors (Lipinski definition) is 1. The third kappa shape index (κ3) is 4.78. The second-order valence-electron chi connectivity index (χ2n) is 6.74. The number of aromatic nitrogens is 3. The van der Waals surface area contributed by atoms with Crippen LogP contribution in [0.1, 0.15) is 50.7 Å². The van der Waals surface area contributed by atoms with Gasteiger partial charge in [-0.1, -0.05) is 25.1 Å². The summed E-state index contributed by atoms with van der Waals surface area (Å²) in [5, 5.41) is 7.04. The zero-order valence-electron chi connectivity index (χ0n) is 14.8. The molecule has 1 aliphatic heterocycles. The van der Waals surface area contributed by atoms with Crippen molar-refractivity contribution in [2.75, 3.05) is 18.0 Å². The fraction of sp³-hybridized carbons (Fsp3) is 0.556. The molecular formula is C18H25N5O2. The molecule has 0 saturated carbocycles. The highest BCUT2D eigenvalue weighted by atomic mass is 16.5. The Bertz CT molecular complexity index is 686. The van der Waals surface area contributed by atoms with E-state index in [4.69, 9.17) is 4.52 Å². The Balaban J connectivity index is 1.47. The molecule has 0 radical (unpaired) electrons. The molecule has 1 atom stereocenters. The van der Waals surface area contributed by atoms with Crippen LogP contribution in [0.3, 0.4) is 0 Å². The highest BCUT2D eigenvalue weighted by Crippen LogP contribution is 2.17. The first kappa shape index (κ1) is 17.4. The molecule has 7 nitrogen and oxygen atoms in total. The minimum atomic E-state index is 0.0252. The standard InChI is InChI=1S/C18H25N5O2/c1-13(2)18-21-17(25-22-18)9-8-16(24)20-14-6-5-11-23(12-14)15-7-3-4-10-19-15/h3-4,7,10,13-14H,5-6,8-9,11-12H2,1-2H3,(H,20,24)/t14-/m1/s1. The largest absolute Gasteiger partial charge is 0.355 e. The number of pyridine rings is 1. The van der Waals surface area contributed by atoms with Crippen LogP contribution in [0.4, 0.5) is 5.82 Å². The van der Waals surface area contributed by atoms with Crippen molar-refractivity contribution in [2.45, 2.75) is 51.5 Å². The Hall–Kier alpha value is -2.44. The molecule has 1 aliphatic rings. The topological polar surface area (TPSA) is 84.2 Å². The van der Waals surface area contributed by atoms with Crippen molar-refractivity contribution in [1.82, 2.24) is 20.4 Å². The van der Waals surface area contributed by atoms with E-state index in [2.05, 4.69) is 25.3 Å². The van der Waals surface area contributed by atoms with Crippen molar-refractivity contribution in [1.29, 1.82) is 0 Å². The van der Waals surface area contributed by atoms with Crippen molar-refractivity contribution in [3.05, 3.63) is 36.1 Å². The Morgan fingerprint density at radius 3 is 3.04 bits per heavy atom. The van der Waals surface area contributed by atoms with Gasteiger partial charge in [-0.3, -0.25) is 4.79 Å². The fourth-order valence-electron chi connectivity index (χ4n) is 2.97. The van der Waals surface area contributed by atoms with Crippen LogP contribution in [-0.4, -0.2) is 40.2 Å². The van der Waals surface area contributed by atoms with Crippen molar-refractivity contribution < 1.29 is 9.32 Å². The van der Waals surface area contributed by atoms with Gasteiger partial charge in [-0.05, 0) is 25.0 Å². The normalized spacial score (nSPS) is 17.7. The van der Waals surface area contributed by atoms with Crippen molar-refractivity contribution in [3.63, 3.8) is 0 Å². The minimum absolute atomic E-state index is 0.0252. The molecule has 0 unspecified atom stereocenters. The van der Waals surface area contributed by atoms with E-state index in [9.17, 15) is 4.79 Å². The number of carbonyl (C=O) groups excluding carboxylic acids is 1. The molecule has 3 rings (SSSR count). The lowest BCUT2D eigenvalue weighted by Gasteiger charge is -2.33. The van der Waals surface area contributed by atoms with Gasteiger partial charge in [0.15, 0.2) is 5.82 Å². The van der Waals surface area contributed by atoms with E-state index in [0.29, 0.717) is 24.6 Å². The molecule has 0 aromatic carbocycles. The maximum absolute atomic E-state index is 12.2. The monoisotopic (exact) mass is 343 g/mol. The van der Waals surface area contributed by atoms with Crippen LogP contribution < -0.4 is 10.2 Å². The quantitative estimate of drug-likeness (QED) is 0.866. The van der Waals surface area contributed by atoms with Crippen LogP contribution in [-0.2, 0) is 11.2 Å². The summed E-state index contributed by atoms with van der Waals surface area (Å²) >= 11 is 0. The summed E-state index contributed by atoms with van der Waals surface area (Å²) in [6, 6.07) is 6.05. The Kier molecular flexibility index (Phi) is 5.63. The summed E-state index contributed by atoms with van der Waals surface area (Å²) in [5.41, 5.74) is 0. The van der Waals surface area contributed by atoms with Gasteiger partial charge in [-0.2, -0.15) is 4.98 Å². The second kappa shape index (κ2) is 8.09. The molecule has 0 aliphatic carbocycles. The van der Waals surface area contributed by atoms with Crippen molar-refractivity contribution in [3.8, 4) is 0 Å². The number of rotatable bonds is 6. The van der Waals surface area contributed by atoms with Crippen LogP contribution in [0.25, 0.3) is 0 Å². The molecular weight excluding hydrogens is 318 g/mol. The lowest BCUT2D eigenvalue weighted by molar-refractivity contribution is -0.121. The number of aryl methyl sites for hydroxylation is 1. The number of anilines is 1. The van der Waals surface area contributed by atoms with E-state index >= 15 is 0 Å². The first-order chi connectivity index (χ1) is 12.1. The van der Waals surface area contributed by atoms with Gasteiger partial charge in [0.25, 0.3) is 0 Å². The van der Waals surface area contributed by atoms with E-state index in [0.717, 1.165) is 31.7 Å². The number of carbonyl (C=O) groups is 1. The van der Waals surface area contributed by atoms with Crippen LogP contribution in [0.2, 0.25) is 0 Å². The maximum Gasteiger partial charge on any atom is 0.227 e. The molecule has 1 N–H and O–H groups in total. The lowest BCUT2D eigenvalue weighted by atomic mass is 10.1. The molecule has 1 fully saturated rings. The molecule has 2 aromatic rings. The van der Waals surface area contributed by atoms with Gasteiger partial charge >= 0.3 is 0 Å². The summed E-state index contributed by atoms with van der Waals surface area (Å²) in [7, 11) is 0. The van der Waals surface area contributed by atoms with E-state index in [1.165, 1.54) is 0 Å². The van der Waals surface area contributed by atoms with E-state index in [1.54, 1.807) is 6.20 Å². The summed E-state index contributed by atoms with van der Waals surface area (Å²) in [4.78, 5) is 23.2. The van der Waals surface area contributed by atoms with E-state index < -0.39 is 0 Å². The molecule has 134 valence electrons. The van der Waals surface area contributed by atoms with Gasteiger partial charge in [-0.25, -0.2) is 4.98 Å². The number of hydrogen-bond acceptors (Lipinski definition) is 6. The Morgan fingerprint density at radius 2 is 2.32 bits per heavy atom. The van der Waals surface area contributed by atoms with Gasteiger partial charge in [0.1, 0.15) is 5.82 Å². The van der Waals surface area contributed by atoms with Crippen LogP contribution >= 0.6 is 0 Å². The summed E-state index contributed by atoms with van der Waals surface area (Å²) in [6.45, 7) is 5.79. The smallest absolute Gasteiger partial charge is 0.227 e. The van der Waals surface area contributed by atoms with E-state index in [-0.39, 0.29) is 17.9 Å². The van der Waals surface area contributed by atoms with Gasteiger partial charge in [0, 0.05) is 44.1 Å². The van der Waals surface area contributed by atoms with Gasteiger partial charge < -0.3 is 14.7 Å². The van der Waals surface area contributed by atoms with E-state index in [1.807, 2.05) is 32.0 Å². The van der Waals surface area contributed by atoms with Gasteiger partial charge in [0.2, 0.25) is 11.8 Å². The predicted molar refractivity (Wildman–Crippen MR) is 94.3 cm³/mol. The van der Waals surface area contributed by atoms with Crippen LogP contribution in [0, 0.1) is 0 Å². The highest BCUT2D eigenvalue weighted by molar-refractivity contribution is 5.76. The molecule has 1 amide bonds. The Labute approximate surface area is 147 Å². The molecule has 0 bridgehead atoms. The molecule has 7 heteroatoms. The maximum atomic E-state index is 12.2. The average Bonchev–Trinajstić information content (AvgIpc) is 3.10. The predicted octanol–water partition coefficient (Wildman–Crippen LogP) is 2.31. The van der Waals surface area contributed by atoms with Crippen molar-refractivity contribution >= 4 is 11.7 Å². The summed E-state index contributed by atoms with van der Waals surface area (Å²) < 4.78 is 5.18. The van der Waals surface area contributed by atoms with Crippen LogP contribution in [0.5, 0.6) is 0 Å². The SMILES string of the molecule is CC(C)c1noc(CCC(=O)N[C@@H]2CCCN(c3ccccn3)C2)n1. The summed E-state index contributed by atoms with van der Waals surface area (Å²) in [5.74, 6) is 2.43. The van der Waals surface area contributed by atoms with Crippen molar-refractivity contribution in [2.24, 2.45) is 0 Å². The molecule has 0 spiro atoms. The molecule has 25 heavy (non-hydrogen) atoms. The molecule has 3 heterocycles. The minimum Gasteiger partial charge on any atom is -0.355 e. The number of nitrogens with zero attached hydrogens (tertiary/aromatic N) is 4. The van der Waals surface area contributed by atoms with Gasteiger partial charge in [0.05, 0.1) is 0 Å². The number of nitrogens with one attached hydrogen (secondary N) is 1. The fourth-order valence-corrected chi connectivity index (χ4v) is 2.97. The van der Waals surface area contributed by atoms with Gasteiger partial charge in [-0.15, -0.1) is 0 Å². The third-order valence-corrected chi connectivity index (χ3v) is 4.33. The second-order valence-corrected chi connectivity index (χ2v) is 6.74. The average molecular weight is 343 g/mol. The Morgan fingerprint density at radius 1 is 1.44 bits per heavy atom. The zero-order valence-corrected chi connectivity index (χ0v) is 14.8. The number of amides is 1. The number of piperidine rings is 1. The highest BCUT2D eigenvalue weighted by Gasteiger charge is 2.22. The molecule has 1 saturated heterocycles. The third-order valence-electron chi connectivity index (χ3n) is 4.33. The first-order valence-electron chi connectivity index (χ1n) is 8.89. The summed E-state index contributed by atoms with van der Waals surface area (Å²) in [6.07, 6.45) is 4.67. The lowest BCUT2D eigenvalue weighted by Crippen LogP contribution is -2.48. The van der Waals surface area contributed by atoms with Crippen LogP contribution in [0.15, 0.2) is 28.9 Å². The first-order valence-corrected chi connectivity index (χ1v) is 8.89.